The third kappa shape index (κ3) is 4.90. The summed E-state index contributed by atoms with van der Waals surface area (Å²) >= 11 is 12.3. The first-order valence-electron chi connectivity index (χ1n) is 12.8. The van der Waals surface area contributed by atoms with E-state index in [2.05, 4.69) is 0 Å². The number of hydrogen-bond donors (Lipinski definition) is 0. The molecule has 0 N–H and O–H groups in total. The molecule has 5 rings (SSSR count). The zero-order valence-corrected chi connectivity index (χ0v) is 23.3. The van der Waals surface area contributed by atoms with Gasteiger partial charge in [-0.25, -0.2) is 9.18 Å². The van der Waals surface area contributed by atoms with Crippen molar-refractivity contribution in [2.24, 2.45) is 0 Å². The molecule has 2 aliphatic rings. The molecule has 0 aliphatic carbocycles. The lowest BCUT2D eigenvalue weighted by molar-refractivity contribution is -0.177. The molecule has 1 saturated heterocycles. The van der Waals surface area contributed by atoms with E-state index in [-0.39, 0.29) is 29.9 Å². The summed E-state index contributed by atoms with van der Waals surface area (Å²) in [4.78, 5) is 41.6. The van der Waals surface area contributed by atoms with Gasteiger partial charge in [0, 0.05) is 27.8 Å². The van der Waals surface area contributed by atoms with Crippen molar-refractivity contribution in [3.63, 3.8) is 0 Å². The van der Waals surface area contributed by atoms with Crippen LogP contribution >= 0.6 is 23.2 Å². The Morgan fingerprint density at radius 2 is 1.75 bits per heavy atom. The van der Waals surface area contributed by atoms with E-state index in [0.29, 0.717) is 34.2 Å². The summed E-state index contributed by atoms with van der Waals surface area (Å²) < 4.78 is 34.0. The largest absolute Gasteiger partial charge is 0.464 e. The second-order valence-electron chi connectivity index (χ2n) is 9.57. The number of ketones is 1. The third-order valence-electron chi connectivity index (χ3n) is 7.04. The number of carbonyl (C=O) groups is 3. The van der Waals surface area contributed by atoms with Gasteiger partial charge in [-0.15, -0.1) is 0 Å². The number of benzene rings is 3. The molecule has 0 spiro atoms. The van der Waals surface area contributed by atoms with Crippen LogP contribution in [0.25, 0.3) is 0 Å². The van der Waals surface area contributed by atoms with E-state index in [4.69, 9.17) is 37.4 Å². The van der Waals surface area contributed by atoms with E-state index in [1.807, 2.05) is 0 Å². The van der Waals surface area contributed by atoms with Crippen LogP contribution in [0.4, 0.5) is 4.39 Å². The number of ether oxygens (including phenoxy) is 3. The van der Waals surface area contributed by atoms with Crippen LogP contribution in [0.1, 0.15) is 63.7 Å². The minimum atomic E-state index is -1.94. The second kappa shape index (κ2) is 11.3. The molecule has 0 bridgehead atoms. The average Bonchev–Trinajstić information content (AvgIpc) is 3.52. The van der Waals surface area contributed by atoms with Gasteiger partial charge in [-0.1, -0.05) is 47.5 Å². The number of amides is 1. The summed E-state index contributed by atoms with van der Waals surface area (Å²) in [7, 11) is 0. The molecule has 3 aromatic rings. The standard InChI is InChI=1S/C30H26Cl2FNO6/c1-3-39-29(37)27(18-4-8-21(31)9-5-18)34-28(36)24-14-19(17(2)35)15-25(33)26(24)30(34,40-23-12-13-38-16-23)20-6-10-22(32)11-7-20/h4-11,14-15,23,27H,3,12-13,16H2,1-2H3/t23-,27?,30+/m0/s1. The molecule has 2 heterocycles. The number of rotatable bonds is 8. The van der Waals surface area contributed by atoms with Crippen LogP contribution in [0.15, 0.2) is 60.7 Å². The Morgan fingerprint density at radius 1 is 1.10 bits per heavy atom. The van der Waals surface area contributed by atoms with Crippen molar-refractivity contribution in [3.8, 4) is 0 Å². The monoisotopic (exact) mass is 585 g/mol. The Kier molecular flexibility index (Phi) is 7.97. The predicted molar refractivity (Wildman–Crippen MR) is 146 cm³/mol. The zero-order chi connectivity index (χ0) is 28.6. The van der Waals surface area contributed by atoms with Crippen LogP contribution in [0, 0.1) is 5.82 Å². The van der Waals surface area contributed by atoms with Crippen molar-refractivity contribution in [3.05, 3.63) is 104 Å². The van der Waals surface area contributed by atoms with Crippen LogP contribution in [0.2, 0.25) is 10.0 Å². The van der Waals surface area contributed by atoms with Gasteiger partial charge in [0.1, 0.15) is 5.82 Å². The molecule has 1 fully saturated rings. The van der Waals surface area contributed by atoms with E-state index in [1.165, 1.54) is 17.9 Å². The van der Waals surface area contributed by atoms with Gasteiger partial charge in [0.25, 0.3) is 5.91 Å². The summed E-state index contributed by atoms with van der Waals surface area (Å²) in [5.41, 5.74) is -1.40. The van der Waals surface area contributed by atoms with Crippen LogP contribution in [0.5, 0.6) is 0 Å². The predicted octanol–water partition coefficient (Wildman–Crippen LogP) is 6.10. The molecule has 0 aromatic heterocycles. The van der Waals surface area contributed by atoms with Gasteiger partial charge in [0.2, 0.25) is 5.72 Å². The maximum atomic E-state index is 16.3. The Balaban J connectivity index is 1.85. The van der Waals surface area contributed by atoms with E-state index in [0.717, 1.165) is 6.07 Å². The summed E-state index contributed by atoms with van der Waals surface area (Å²) in [6.45, 7) is 3.57. The number of carbonyl (C=O) groups excluding carboxylic acids is 3. The van der Waals surface area contributed by atoms with Gasteiger partial charge >= 0.3 is 5.97 Å². The fourth-order valence-electron chi connectivity index (χ4n) is 5.26. The molecule has 208 valence electrons. The highest BCUT2D eigenvalue weighted by atomic mass is 35.5. The quantitative estimate of drug-likeness (QED) is 0.234. The van der Waals surface area contributed by atoms with Crippen LogP contribution in [-0.4, -0.2) is 48.5 Å². The number of esters is 1. The number of fused-ring (bicyclic) bond motifs is 1. The lowest BCUT2D eigenvalue weighted by Crippen LogP contribution is -2.53. The molecule has 2 aliphatic heterocycles. The van der Waals surface area contributed by atoms with Gasteiger partial charge in [-0.2, -0.15) is 0 Å². The highest BCUT2D eigenvalue weighted by Gasteiger charge is 2.59. The Hall–Kier alpha value is -3.30. The Morgan fingerprint density at radius 3 is 2.33 bits per heavy atom. The maximum absolute atomic E-state index is 16.3. The summed E-state index contributed by atoms with van der Waals surface area (Å²) in [6, 6.07) is 13.9. The fourth-order valence-corrected chi connectivity index (χ4v) is 5.51. The molecule has 0 radical (unpaired) electrons. The Bertz CT molecular complexity index is 1460. The summed E-state index contributed by atoms with van der Waals surface area (Å²) in [6.07, 6.45) is -0.0675. The highest BCUT2D eigenvalue weighted by molar-refractivity contribution is 6.30. The van der Waals surface area contributed by atoms with Gasteiger partial charge in [0.05, 0.1) is 30.4 Å². The molecule has 0 saturated carbocycles. The van der Waals surface area contributed by atoms with Gasteiger partial charge in [-0.3, -0.25) is 14.5 Å². The molecule has 3 atom stereocenters. The van der Waals surface area contributed by atoms with Gasteiger partial charge in [-0.05, 0) is 62.2 Å². The molecular weight excluding hydrogens is 560 g/mol. The second-order valence-corrected chi connectivity index (χ2v) is 10.4. The van der Waals surface area contributed by atoms with Crippen LogP contribution in [-0.2, 0) is 24.7 Å². The number of halogens is 3. The SMILES string of the molecule is CCOC(=O)C(c1ccc(Cl)cc1)N1C(=O)c2cc(C(C)=O)cc(F)c2[C@]1(O[C@H]1CCOC1)c1ccc(Cl)cc1. The van der Waals surface area contributed by atoms with E-state index in [1.54, 1.807) is 55.5 Å². The average molecular weight is 586 g/mol. The molecular formula is C30H26Cl2FNO6. The first-order chi connectivity index (χ1) is 19.2. The first kappa shape index (κ1) is 28.2. The number of Topliss-reactive ketones (excluding diaryl/α,β-unsaturated/α-hetero) is 1. The summed E-state index contributed by atoms with van der Waals surface area (Å²) in [5, 5.41) is 0.828. The van der Waals surface area contributed by atoms with E-state index >= 15 is 4.39 Å². The fraction of sp³-hybridized carbons (Fsp3) is 0.300. The Labute approximate surface area is 240 Å². The number of nitrogens with zero attached hydrogens (tertiary/aromatic N) is 1. The molecule has 3 aromatic carbocycles. The van der Waals surface area contributed by atoms with Crippen molar-refractivity contribution < 1.29 is 33.0 Å². The lowest BCUT2D eigenvalue weighted by atomic mass is 9.90. The van der Waals surface area contributed by atoms with Gasteiger partial charge in [0.15, 0.2) is 11.8 Å². The van der Waals surface area contributed by atoms with Crippen molar-refractivity contribution in [1.29, 1.82) is 0 Å². The van der Waals surface area contributed by atoms with Gasteiger partial charge < -0.3 is 14.2 Å². The number of hydrogen-bond acceptors (Lipinski definition) is 6. The van der Waals surface area contributed by atoms with Crippen LogP contribution < -0.4 is 0 Å². The molecule has 7 nitrogen and oxygen atoms in total. The minimum absolute atomic E-state index is 0.0137. The van der Waals surface area contributed by atoms with Crippen LogP contribution in [0.3, 0.4) is 0 Å². The first-order valence-corrected chi connectivity index (χ1v) is 13.5. The van der Waals surface area contributed by atoms with Crippen molar-refractivity contribution in [2.75, 3.05) is 19.8 Å². The molecule has 40 heavy (non-hydrogen) atoms. The highest BCUT2D eigenvalue weighted by Crippen LogP contribution is 2.52. The smallest absolute Gasteiger partial charge is 0.333 e. The third-order valence-corrected chi connectivity index (χ3v) is 7.54. The van der Waals surface area contributed by atoms with E-state index in [9.17, 15) is 14.4 Å². The lowest BCUT2D eigenvalue weighted by Gasteiger charge is -2.44. The molecule has 1 amide bonds. The summed E-state index contributed by atoms with van der Waals surface area (Å²) in [5.74, 6) is -2.71. The van der Waals surface area contributed by atoms with E-state index < -0.39 is 41.3 Å². The van der Waals surface area contributed by atoms with Crippen molar-refractivity contribution >= 4 is 40.9 Å². The maximum Gasteiger partial charge on any atom is 0.333 e. The normalized spacial score (nSPS) is 20.9. The van der Waals surface area contributed by atoms with Crippen molar-refractivity contribution in [1.82, 2.24) is 4.90 Å². The van der Waals surface area contributed by atoms with Crippen molar-refractivity contribution in [2.45, 2.75) is 38.1 Å². The zero-order valence-electron chi connectivity index (χ0n) is 21.8. The minimum Gasteiger partial charge on any atom is -0.464 e. The topological polar surface area (TPSA) is 82.1 Å². The molecule has 1 unspecified atom stereocenters. The molecule has 10 heteroatoms.